The van der Waals surface area contributed by atoms with Crippen molar-refractivity contribution >= 4 is 23.2 Å². The predicted octanol–water partition coefficient (Wildman–Crippen LogP) is 3.66. The van der Waals surface area contributed by atoms with E-state index in [4.69, 9.17) is 11.6 Å². The third-order valence-electron chi connectivity index (χ3n) is 2.39. The number of nitrogens with one attached hydrogen (secondary N) is 1. The van der Waals surface area contributed by atoms with Crippen LogP contribution in [0.4, 0.5) is 10.1 Å². The van der Waals surface area contributed by atoms with Gasteiger partial charge in [-0.05, 0) is 35.9 Å². The van der Waals surface area contributed by atoms with Crippen LogP contribution < -0.4 is 5.32 Å². The second-order valence-corrected chi connectivity index (χ2v) is 4.30. The maximum Gasteiger partial charge on any atom is 0.228 e. The fraction of sp³-hybridized carbons (Fsp3) is 0.0714. The molecule has 0 aliphatic carbocycles. The molecule has 0 aromatic heterocycles. The first-order valence-corrected chi connectivity index (χ1v) is 5.81. The summed E-state index contributed by atoms with van der Waals surface area (Å²) in [5.74, 6) is -0.474. The van der Waals surface area contributed by atoms with E-state index in [1.54, 1.807) is 36.4 Å². The van der Waals surface area contributed by atoms with E-state index in [1.807, 2.05) is 0 Å². The summed E-state index contributed by atoms with van der Waals surface area (Å²) in [6.45, 7) is 0. The van der Waals surface area contributed by atoms with Gasteiger partial charge in [0.15, 0.2) is 0 Å². The Morgan fingerprint density at radius 2 is 1.89 bits per heavy atom. The fourth-order valence-electron chi connectivity index (χ4n) is 1.56. The summed E-state index contributed by atoms with van der Waals surface area (Å²) in [7, 11) is 0. The average Bonchev–Trinajstić information content (AvgIpc) is 2.32. The molecule has 0 aliphatic rings. The maximum atomic E-state index is 12.7. The van der Waals surface area contributed by atoms with Crippen LogP contribution in [0.25, 0.3) is 0 Å². The Kier molecular flexibility index (Phi) is 3.95. The molecule has 2 aromatic rings. The summed E-state index contributed by atoms with van der Waals surface area (Å²) in [4.78, 5) is 11.7. The molecular formula is C14H11ClFNO. The van der Waals surface area contributed by atoms with Crippen molar-refractivity contribution in [2.45, 2.75) is 6.42 Å². The third-order valence-corrected chi connectivity index (χ3v) is 2.62. The summed E-state index contributed by atoms with van der Waals surface area (Å²) in [5.41, 5.74) is 1.41. The van der Waals surface area contributed by atoms with Crippen molar-refractivity contribution in [2.24, 2.45) is 0 Å². The second-order valence-electron chi connectivity index (χ2n) is 3.86. The summed E-state index contributed by atoms with van der Waals surface area (Å²) in [5, 5.41) is 3.29. The molecule has 2 nitrogen and oxygen atoms in total. The molecule has 0 heterocycles. The topological polar surface area (TPSA) is 29.1 Å². The number of halogens is 2. The Morgan fingerprint density at radius 1 is 1.17 bits per heavy atom. The third kappa shape index (κ3) is 3.57. The van der Waals surface area contributed by atoms with Gasteiger partial charge in [-0.15, -0.1) is 0 Å². The Morgan fingerprint density at radius 3 is 2.56 bits per heavy atom. The predicted molar refractivity (Wildman–Crippen MR) is 70.2 cm³/mol. The number of carbonyl (C=O) groups is 1. The van der Waals surface area contributed by atoms with E-state index in [-0.39, 0.29) is 18.1 Å². The van der Waals surface area contributed by atoms with E-state index in [0.717, 1.165) is 5.56 Å². The molecule has 1 amide bonds. The zero-order valence-electron chi connectivity index (χ0n) is 9.49. The second kappa shape index (κ2) is 5.65. The lowest BCUT2D eigenvalue weighted by molar-refractivity contribution is -0.115. The largest absolute Gasteiger partial charge is 0.326 e. The van der Waals surface area contributed by atoms with E-state index in [0.29, 0.717) is 10.7 Å². The van der Waals surface area contributed by atoms with Crippen LogP contribution >= 0.6 is 11.6 Å². The van der Waals surface area contributed by atoms with E-state index >= 15 is 0 Å². The quantitative estimate of drug-likeness (QED) is 0.900. The van der Waals surface area contributed by atoms with E-state index in [9.17, 15) is 9.18 Å². The van der Waals surface area contributed by atoms with Crippen molar-refractivity contribution < 1.29 is 9.18 Å². The SMILES string of the molecule is O=C(Cc1ccc(F)cc1)Nc1cccc(Cl)c1. The van der Waals surface area contributed by atoms with Gasteiger partial charge in [-0.25, -0.2) is 4.39 Å². The number of carbonyl (C=O) groups excluding carboxylic acids is 1. The maximum absolute atomic E-state index is 12.7. The summed E-state index contributed by atoms with van der Waals surface area (Å²) in [6, 6.07) is 12.8. The molecule has 1 N–H and O–H groups in total. The van der Waals surface area contributed by atoms with Crippen LogP contribution in [0.3, 0.4) is 0 Å². The molecule has 0 bridgehead atoms. The average molecular weight is 264 g/mol. The highest BCUT2D eigenvalue weighted by molar-refractivity contribution is 6.30. The highest BCUT2D eigenvalue weighted by atomic mass is 35.5. The minimum Gasteiger partial charge on any atom is -0.326 e. The molecule has 0 radical (unpaired) electrons. The van der Waals surface area contributed by atoms with E-state index in [1.165, 1.54) is 12.1 Å². The van der Waals surface area contributed by atoms with Gasteiger partial charge in [-0.1, -0.05) is 29.8 Å². The molecule has 2 aromatic carbocycles. The number of anilines is 1. The molecule has 4 heteroatoms. The molecule has 0 unspecified atom stereocenters. The van der Waals surface area contributed by atoms with Gasteiger partial charge < -0.3 is 5.32 Å². The molecule has 0 atom stereocenters. The number of hydrogen-bond acceptors (Lipinski definition) is 1. The Bertz CT molecular complexity index is 554. The van der Waals surface area contributed by atoms with Gasteiger partial charge in [0.25, 0.3) is 0 Å². The Hall–Kier alpha value is -1.87. The highest BCUT2D eigenvalue weighted by Crippen LogP contribution is 2.15. The zero-order chi connectivity index (χ0) is 13.0. The lowest BCUT2D eigenvalue weighted by atomic mass is 10.1. The first-order chi connectivity index (χ1) is 8.63. The van der Waals surface area contributed by atoms with Crippen LogP contribution in [0.15, 0.2) is 48.5 Å². The first-order valence-electron chi connectivity index (χ1n) is 5.43. The Balaban J connectivity index is 1.98. The van der Waals surface area contributed by atoms with Crippen molar-refractivity contribution in [3.8, 4) is 0 Å². The standard InChI is InChI=1S/C14H11ClFNO/c15-11-2-1-3-13(9-11)17-14(18)8-10-4-6-12(16)7-5-10/h1-7,9H,8H2,(H,17,18). The van der Waals surface area contributed by atoms with Gasteiger partial charge in [0.2, 0.25) is 5.91 Å². The molecule has 0 saturated carbocycles. The molecule has 18 heavy (non-hydrogen) atoms. The van der Waals surface area contributed by atoms with Crippen LogP contribution in [0.1, 0.15) is 5.56 Å². The number of hydrogen-bond donors (Lipinski definition) is 1. The summed E-state index contributed by atoms with van der Waals surface area (Å²) in [6.07, 6.45) is 0.201. The van der Waals surface area contributed by atoms with Gasteiger partial charge in [-0.3, -0.25) is 4.79 Å². The van der Waals surface area contributed by atoms with Crippen molar-refractivity contribution in [2.75, 3.05) is 5.32 Å². The minimum atomic E-state index is -0.311. The van der Waals surface area contributed by atoms with Gasteiger partial charge in [0.1, 0.15) is 5.82 Å². The van der Waals surface area contributed by atoms with Crippen molar-refractivity contribution in [3.05, 3.63) is 64.9 Å². The van der Waals surface area contributed by atoms with Gasteiger partial charge in [0.05, 0.1) is 6.42 Å². The highest BCUT2D eigenvalue weighted by Gasteiger charge is 2.04. The number of amides is 1. The summed E-state index contributed by atoms with van der Waals surface area (Å²) < 4.78 is 12.7. The molecule has 0 spiro atoms. The van der Waals surface area contributed by atoms with E-state index < -0.39 is 0 Å². The van der Waals surface area contributed by atoms with Gasteiger partial charge >= 0.3 is 0 Å². The smallest absolute Gasteiger partial charge is 0.228 e. The van der Waals surface area contributed by atoms with E-state index in [2.05, 4.69) is 5.32 Å². The zero-order valence-corrected chi connectivity index (χ0v) is 10.2. The summed E-state index contributed by atoms with van der Waals surface area (Å²) >= 11 is 5.81. The molecule has 0 aliphatic heterocycles. The number of benzene rings is 2. The van der Waals surface area contributed by atoms with Crippen LogP contribution in [-0.2, 0) is 11.2 Å². The fourth-order valence-corrected chi connectivity index (χ4v) is 1.75. The van der Waals surface area contributed by atoms with Crippen LogP contribution in [-0.4, -0.2) is 5.91 Å². The van der Waals surface area contributed by atoms with Crippen molar-refractivity contribution in [1.29, 1.82) is 0 Å². The Labute approximate surface area is 109 Å². The van der Waals surface area contributed by atoms with Crippen LogP contribution in [0.5, 0.6) is 0 Å². The minimum absolute atomic E-state index is 0.163. The lowest BCUT2D eigenvalue weighted by Crippen LogP contribution is -2.14. The molecule has 0 saturated heterocycles. The first kappa shape index (κ1) is 12.6. The molecule has 2 rings (SSSR count). The van der Waals surface area contributed by atoms with Gasteiger partial charge in [0, 0.05) is 10.7 Å². The van der Waals surface area contributed by atoms with Crippen molar-refractivity contribution in [3.63, 3.8) is 0 Å². The molecule has 92 valence electrons. The van der Waals surface area contributed by atoms with Crippen LogP contribution in [0.2, 0.25) is 5.02 Å². The number of rotatable bonds is 3. The van der Waals surface area contributed by atoms with Crippen molar-refractivity contribution in [1.82, 2.24) is 0 Å². The molecular weight excluding hydrogens is 253 g/mol. The monoisotopic (exact) mass is 263 g/mol. The normalized spacial score (nSPS) is 10.1. The van der Waals surface area contributed by atoms with Crippen LogP contribution in [0, 0.1) is 5.82 Å². The molecule has 0 fully saturated rings. The lowest BCUT2D eigenvalue weighted by Gasteiger charge is -2.05. The van der Waals surface area contributed by atoms with Gasteiger partial charge in [-0.2, -0.15) is 0 Å².